The van der Waals surface area contributed by atoms with E-state index in [1.165, 1.54) is 24.3 Å². The van der Waals surface area contributed by atoms with E-state index in [9.17, 15) is 18.8 Å². The molecule has 35 heavy (non-hydrogen) atoms. The number of rotatable bonds is 4. The fourth-order valence-corrected chi connectivity index (χ4v) is 4.54. The van der Waals surface area contributed by atoms with Gasteiger partial charge in [-0.3, -0.25) is 14.4 Å². The summed E-state index contributed by atoms with van der Waals surface area (Å²) in [7, 11) is 0. The minimum atomic E-state index is -0.567. The first-order chi connectivity index (χ1) is 16.8. The lowest BCUT2D eigenvalue weighted by atomic mass is 9.97. The van der Waals surface area contributed by atoms with Crippen LogP contribution in [-0.2, 0) is 11.2 Å². The van der Waals surface area contributed by atoms with Gasteiger partial charge in [-0.1, -0.05) is 24.3 Å². The number of aromatic amines is 1. The van der Waals surface area contributed by atoms with Gasteiger partial charge in [0, 0.05) is 17.7 Å². The number of nitrogens with zero attached hydrogens (tertiary/aromatic N) is 1. The van der Waals surface area contributed by atoms with Crippen LogP contribution in [0.4, 0.5) is 10.1 Å². The largest absolute Gasteiger partial charge is 0.346 e. The van der Waals surface area contributed by atoms with Crippen LogP contribution in [-0.4, -0.2) is 21.4 Å². The van der Waals surface area contributed by atoms with Gasteiger partial charge in [-0.2, -0.15) is 0 Å². The predicted molar refractivity (Wildman–Crippen MR) is 134 cm³/mol. The van der Waals surface area contributed by atoms with Crippen LogP contribution in [0.1, 0.15) is 40.9 Å². The number of amides is 2. The number of aromatic nitrogens is 2. The standard InChI is InChI=1S/C26H21FN4O3S/c1-14(15-7-10-20-16(12-15)8-11-23(32)29-20)28-24(33)17-6-9-18-21(13-17)30-26(35)31(25(18)34)22-5-3-2-4-19(22)27/h2-7,9-10,12-14H,8,11H2,1H3,(H,28,33)(H,29,32)(H,30,35). The summed E-state index contributed by atoms with van der Waals surface area (Å²) < 4.78 is 15.4. The molecule has 1 unspecified atom stereocenters. The molecule has 0 aliphatic carbocycles. The number of carbonyl (C=O) groups is 2. The summed E-state index contributed by atoms with van der Waals surface area (Å²) in [4.78, 5) is 40.5. The Morgan fingerprint density at radius 1 is 1.09 bits per heavy atom. The maximum atomic E-state index is 14.3. The van der Waals surface area contributed by atoms with E-state index in [0.29, 0.717) is 23.9 Å². The third kappa shape index (κ3) is 4.26. The smallest absolute Gasteiger partial charge is 0.266 e. The van der Waals surface area contributed by atoms with Gasteiger partial charge in [-0.15, -0.1) is 0 Å². The Morgan fingerprint density at radius 2 is 1.89 bits per heavy atom. The van der Waals surface area contributed by atoms with Crippen LogP contribution >= 0.6 is 12.2 Å². The van der Waals surface area contributed by atoms with Crippen LogP contribution in [0.3, 0.4) is 0 Å². The second-order valence-corrected chi connectivity index (χ2v) is 8.83. The summed E-state index contributed by atoms with van der Waals surface area (Å²) in [6.07, 6.45) is 1.10. The predicted octanol–water partition coefficient (Wildman–Crippen LogP) is 4.56. The zero-order chi connectivity index (χ0) is 24.7. The number of hydrogen-bond acceptors (Lipinski definition) is 4. The van der Waals surface area contributed by atoms with E-state index in [-0.39, 0.29) is 33.7 Å². The Morgan fingerprint density at radius 3 is 2.69 bits per heavy atom. The molecule has 2 amide bonds. The van der Waals surface area contributed by atoms with Crippen LogP contribution in [0.25, 0.3) is 16.6 Å². The highest BCUT2D eigenvalue weighted by Gasteiger charge is 2.18. The van der Waals surface area contributed by atoms with Crippen molar-refractivity contribution in [1.29, 1.82) is 0 Å². The first-order valence-electron chi connectivity index (χ1n) is 11.1. The molecule has 2 heterocycles. The minimum absolute atomic E-state index is 0.00241. The van der Waals surface area contributed by atoms with Crippen molar-refractivity contribution in [3.63, 3.8) is 0 Å². The van der Waals surface area contributed by atoms with Crippen LogP contribution in [0.2, 0.25) is 0 Å². The lowest BCUT2D eigenvalue weighted by molar-refractivity contribution is -0.116. The number of hydrogen-bond donors (Lipinski definition) is 3. The topological polar surface area (TPSA) is 96.0 Å². The summed E-state index contributed by atoms with van der Waals surface area (Å²) >= 11 is 5.32. The number of nitrogens with one attached hydrogen (secondary N) is 3. The average molecular weight is 489 g/mol. The second-order valence-electron chi connectivity index (χ2n) is 8.44. The number of benzene rings is 3. The van der Waals surface area contributed by atoms with Crippen molar-refractivity contribution in [3.8, 4) is 5.69 Å². The normalized spacial score (nSPS) is 13.7. The van der Waals surface area contributed by atoms with Crippen LogP contribution < -0.4 is 16.2 Å². The van der Waals surface area contributed by atoms with Gasteiger partial charge < -0.3 is 15.6 Å². The monoisotopic (exact) mass is 488 g/mol. The van der Waals surface area contributed by atoms with E-state index in [4.69, 9.17) is 12.2 Å². The number of carbonyl (C=O) groups excluding carboxylic acids is 2. The van der Waals surface area contributed by atoms with Gasteiger partial charge in [0.25, 0.3) is 11.5 Å². The molecule has 0 radical (unpaired) electrons. The highest BCUT2D eigenvalue weighted by molar-refractivity contribution is 7.71. The summed E-state index contributed by atoms with van der Waals surface area (Å²) in [5, 5.41) is 6.10. The molecule has 7 nitrogen and oxygen atoms in total. The number of fused-ring (bicyclic) bond motifs is 2. The number of anilines is 1. The lowest BCUT2D eigenvalue weighted by Crippen LogP contribution is -2.27. The summed E-state index contributed by atoms with van der Waals surface area (Å²) in [5.41, 5.74) is 3.07. The molecule has 0 saturated heterocycles. The van der Waals surface area contributed by atoms with Gasteiger partial charge in [-0.25, -0.2) is 8.96 Å². The molecule has 4 aromatic rings. The highest BCUT2D eigenvalue weighted by Crippen LogP contribution is 2.26. The molecular formula is C26H21FN4O3S. The lowest BCUT2D eigenvalue weighted by Gasteiger charge is -2.20. The Balaban J connectivity index is 1.42. The molecular weight excluding hydrogens is 467 g/mol. The molecule has 0 fully saturated rings. The van der Waals surface area contributed by atoms with Crippen molar-refractivity contribution >= 4 is 40.6 Å². The zero-order valence-corrected chi connectivity index (χ0v) is 19.5. The van der Waals surface area contributed by atoms with E-state index in [1.54, 1.807) is 18.2 Å². The molecule has 0 spiro atoms. The molecule has 5 rings (SSSR count). The van der Waals surface area contributed by atoms with Crippen molar-refractivity contribution in [3.05, 3.63) is 98.3 Å². The van der Waals surface area contributed by atoms with Crippen molar-refractivity contribution < 1.29 is 14.0 Å². The maximum absolute atomic E-state index is 14.3. The van der Waals surface area contributed by atoms with Crippen LogP contribution in [0.5, 0.6) is 0 Å². The van der Waals surface area contributed by atoms with Crippen molar-refractivity contribution in [2.45, 2.75) is 25.8 Å². The van der Waals surface area contributed by atoms with Crippen molar-refractivity contribution in [2.24, 2.45) is 0 Å². The van der Waals surface area contributed by atoms with E-state index < -0.39 is 11.4 Å². The van der Waals surface area contributed by atoms with Gasteiger partial charge >= 0.3 is 0 Å². The third-order valence-corrected chi connectivity index (χ3v) is 6.41. The summed E-state index contributed by atoms with van der Waals surface area (Å²) in [5.74, 6) is -0.881. The highest BCUT2D eigenvalue weighted by atomic mass is 32.1. The fraction of sp³-hybridized carbons (Fsp3) is 0.154. The summed E-state index contributed by atoms with van der Waals surface area (Å²) in [6.45, 7) is 1.88. The second kappa shape index (κ2) is 8.92. The Kier molecular flexibility index (Phi) is 5.78. The zero-order valence-electron chi connectivity index (χ0n) is 18.7. The molecule has 1 aliphatic rings. The van der Waals surface area contributed by atoms with Gasteiger partial charge in [0.2, 0.25) is 5.91 Å². The van der Waals surface area contributed by atoms with Crippen LogP contribution in [0, 0.1) is 10.6 Å². The number of para-hydroxylation sites is 1. The van der Waals surface area contributed by atoms with Crippen LogP contribution in [0.15, 0.2) is 65.5 Å². The minimum Gasteiger partial charge on any atom is -0.346 e. The third-order valence-electron chi connectivity index (χ3n) is 6.13. The first kappa shape index (κ1) is 22.7. The number of aryl methyl sites for hydroxylation is 1. The number of H-pyrrole nitrogens is 1. The molecule has 1 aliphatic heterocycles. The Hall–Kier alpha value is -4.11. The Labute approximate surface area is 204 Å². The average Bonchev–Trinajstić information content (AvgIpc) is 2.84. The SMILES string of the molecule is CC(NC(=O)c1ccc2c(=O)n(-c3ccccc3F)c(=S)[nH]c2c1)c1ccc2c(c1)CCC(=O)N2. The molecule has 0 saturated carbocycles. The maximum Gasteiger partial charge on any atom is 0.266 e. The fourth-order valence-electron chi connectivity index (χ4n) is 4.25. The van der Waals surface area contributed by atoms with Gasteiger partial charge in [-0.05, 0) is 73.1 Å². The Bertz CT molecular complexity index is 1630. The van der Waals surface area contributed by atoms with Crippen molar-refractivity contribution in [2.75, 3.05) is 5.32 Å². The summed E-state index contributed by atoms with van der Waals surface area (Å²) in [6, 6.07) is 16.0. The van der Waals surface area contributed by atoms with Gasteiger partial charge in [0.1, 0.15) is 5.82 Å². The molecule has 0 bridgehead atoms. The van der Waals surface area contributed by atoms with E-state index in [1.807, 2.05) is 25.1 Å². The van der Waals surface area contributed by atoms with E-state index in [0.717, 1.165) is 21.4 Å². The molecule has 3 N–H and O–H groups in total. The molecule has 9 heteroatoms. The number of halogens is 1. The van der Waals surface area contributed by atoms with E-state index >= 15 is 0 Å². The molecule has 3 aromatic carbocycles. The quantitative estimate of drug-likeness (QED) is 0.367. The molecule has 176 valence electrons. The van der Waals surface area contributed by atoms with E-state index in [2.05, 4.69) is 15.6 Å². The molecule has 1 atom stereocenters. The molecule has 1 aromatic heterocycles. The van der Waals surface area contributed by atoms with Crippen molar-refractivity contribution in [1.82, 2.24) is 14.9 Å². The first-order valence-corrected chi connectivity index (χ1v) is 11.5. The van der Waals surface area contributed by atoms with Gasteiger partial charge in [0.15, 0.2) is 4.77 Å². The van der Waals surface area contributed by atoms with Gasteiger partial charge in [0.05, 0.1) is 22.6 Å².